The van der Waals surface area contributed by atoms with Gasteiger partial charge < -0.3 is 24.4 Å². The molecule has 0 aliphatic carbocycles. The molecule has 1 aliphatic heterocycles. The van der Waals surface area contributed by atoms with Crippen LogP contribution in [0.3, 0.4) is 0 Å². The predicted molar refractivity (Wildman–Crippen MR) is 106 cm³/mol. The van der Waals surface area contributed by atoms with Crippen molar-refractivity contribution in [2.45, 2.75) is 13.3 Å². The number of rotatable bonds is 7. The molecule has 3 rings (SSSR count). The van der Waals surface area contributed by atoms with E-state index in [0.717, 1.165) is 11.4 Å². The molecule has 1 fully saturated rings. The van der Waals surface area contributed by atoms with E-state index < -0.39 is 5.92 Å². The average molecular weight is 384 g/mol. The summed E-state index contributed by atoms with van der Waals surface area (Å²) in [5.41, 5.74) is 1.27. The number of benzene rings is 2. The Labute approximate surface area is 164 Å². The maximum Gasteiger partial charge on any atom is 0.229 e. The Morgan fingerprint density at radius 1 is 1.11 bits per heavy atom. The van der Waals surface area contributed by atoms with Crippen LogP contribution in [-0.4, -0.2) is 39.2 Å². The van der Waals surface area contributed by atoms with Gasteiger partial charge in [0.15, 0.2) is 0 Å². The standard InChI is InChI=1S/C21H24N2O5/c1-4-28-16-7-5-15(6-8-16)23-13-14(11-20(23)24)21(25)22-18-12-17(26-2)9-10-19(18)27-3/h5-10,12,14H,4,11,13H2,1-3H3,(H,22,25). The Hall–Kier alpha value is -3.22. The Morgan fingerprint density at radius 2 is 1.82 bits per heavy atom. The molecule has 2 aromatic carbocycles. The highest BCUT2D eigenvalue weighted by atomic mass is 16.5. The van der Waals surface area contributed by atoms with E-state index in [4.69, 9.17) is 14.2 Å². The van der Waals surface area contributed by atoms with Crippen LogP contribution >= 0.6 is 0 Å². The van der Waals surface area contributed by atoms with Crippen LogP contribution in [-0.2, 0) is 9.59 Å². The van der Waals surface area contributed by atoms with Gasteiger partial charge in [-0.25, -0.2) is 0 Å². The summed E-state index contributed by atoms with van der Waals surface area (Å²) in [4.78, 5) is 26.8. The van der Waals surface area contributed by atoms with Gasteiger partial charge in [-0.1, -0.05) is 0 Å². The number of methoxy groups -OCH3 is 2. The molecule has 7 nitrogen and oxygen atoms in total. The Balaban J connectivity index is 1.70. The fourth-order valence-electron chi connectivity index (χ4n) is 3.17. The third-order valence-corrected chi connectivity index (χ3v) is 4.62. The largest absolute Gasteiger partial charge is 0.497 e. The van der Waals surface area contributed by atoms with Gasteiger partial charge in [0.05, 0.1) is 32.4 Å². The smallest absolute Gasteiger partial charge is 0.229 e. The van der Waals surface area contributed by atoms with Crippen molar-refractivity contribution >= 4 is 23.2 Å². The maximum atomic E-state index is 12.7. The molecule has 2 amide bonds. The first-order chi connectivity index (χ1) is 13.5. The van der Waals surface area contributed by atoms with Gasteiger partial charge in [-0.2, -0.15) is 0 Å². The Morgan fingerprint density at radius 3 is 2.46 bits per heavy atom. The van der Waals surface area contributed by atoms with Gasteiger partial charge in [0, 0.05) is 24.7 Å². The van der Waals surface area contributed by atoms with Crippen LogP contribution in [0.2, 0.25) is 0 Å². The average Bonchev–Trinajstić information content (AvgIpc) is 3.10. The number of carbonyl (C=O) groups is 2. The minimum absolute atomic E-state index is 0.0816. The summed E-state index contributed by atoms with van der Waals surface area (Å²) in [5, 5.41) is 2.85. The molecule has 0 aromatic heterocycles. The molecule has 1 N–H and O–H groups in total. The normalized spacial score (nSPS) is 16.0. The molecular formula is C21H24N2O5. The molecule has 0 spiro atoms. The van der Waals surface area contributed by atoms with Crippen molar-refractivity contribution in [1.82, 2.24) is 0 Å². The zero-order valence-corrected chi connectivity index (χ0v) is 16.2. The number of nitrogens with zero attached hydrogens (tertiary/aromatic N) is 1. The highest BCUT2D eigenvalue weighted by Crippen LogP contribution is 2.31. The predicted octanol–water partition coefficient (Wildman–Crippen LogP) is 3.09. The fraction of sp³-hybridized carbons (Fsp3) is 0.333. The van der Waals surface area contributed by atoms with Gasteiger partial charge in [0.2, 0.25) is 11.8 Å². The van der Waals surface area contributed by atoms with Crippen LogP contribution in [0.5, 0.6) is 17.2 Å². The zero-order chi connectivity index (χ0) is 20.1. The molecule has 1 heterocycles. The summed E-state index contributed by atoms with van der Waals surface area (Å²) >= 11 is 0. The van der Waals surface area contributed by atoms with Gasteiger partial charge in [-0.15, -0.1) is 0 Å². The summed E-state index contributed by atoms with van der Waals surface area (Å²) in [6.45, 7) is 2.82. The summed E-state index contributed by atoms with van der Waals surface area (Å²) in [6, 6.07) is 12.5. The lowest BCUT2D eigenvalue weighted by molar-refractivity contribution is -0.122. The second kappa shape index (κ2) is 8.65. The van der Waals surface area contributed by atoms with Crippen molar-refractivity contribution in [1.29, 1.82) is 0 Å². The van der Waals surface area contributed by atoms with Crippen molar-refractivity contribution in [3.05, 3.63) is 42.5 Å². The first kappa shape index (κ1) is 19.5. The first-order valence-electron chi connectivity index (χ1n) is 9.11. The summed E-state index contributed by atoms with van der Waals surface area (Å²) in [6.07, 6.45) is 0.158. The number of carbonyl (C=O) groups excluding carboxylic acids is 2. The lowest BCUT2D eigenvalue weighted by Gasteiger charge is -2.18. The molecular weight excluding hydrogens is 360 g/mol. The first-order valence-corrected chi connectivity index (χ1v) is 9.11. The second-order valence-corrected chi connectivity index (χ2v) is 6.39. The van der Waals surface area contributed by atoms with Crippen LogP contribution in [0, 0.1) is 5.92 Å². The van der Waals surface area contributed by atoms with Gasteiger partial charge in [-0.3, -0.25) is 9.59 Å². The summed E-state index contributed by atoms with van der Waals surface area (Å²) in [7, 11) is 3.09. The Kier molecular flexibility index (Phi) is 6.03. The number of anilines is 2. The fourth-order valence-corrected chi connectivity index (χ4v) is 3.17. The van der Waals surface area contributed by atoms with E-state index in [1.807, 2.05) is 31.2 Å². The topological polar surface area (TPSA) is 77.1 Å². The number of amides is 2. The monoisotopic (exact) mass is 384 g/mol. The number of ether oxygens (including phenoxy) is 3. The van der Waals surface area contributed by atoms with Gasteiger partial charge in [-0.05, 0) is 43.3 Å². The van der Waals surface area contributed by atoms with Crippen molar-refractivity contribution in [3.63, 3.8) is 0 Å². The molecule has 0 radical (unpaired) electrons. The van der Waals surface area contributed by atoms with E-state index in [1.54, 1.807) is 30.2 Å². The molecule has 148 valence electrons. The quantitative estimate of drug-likeness (QED) is 0.794. The molecule has 1 saturated heterocycles. The molecule has 0 saturated carbocycles. The number of nitrogens with one attached hydrogen (secondary N) is 1. The zero-order valence-electron chi connectivity index (χ0n) is 16.2. The lowest BCUT2D eigenvalue weighted by atomic mass is 10.1. The lowest BCUT2D eigenvalue weighted by Crippen LogP contribution is -2.28. The van der Waals surface area contributed by atoms with Crippen LogP contribution in [0.4, 0.5) is 11.4 Å². The van der Waals surface area contributed by atoms with E-state index in [2.05, 4.69) is 5.32 Å². The Bertz CT molecular complexity index is 850. The van der Waals surface area contributed by atoms with Crippen LogP contribution in [0.15, 0.2) is 42.5 Å². The molecule has 1 aliphatic rings. The SMILES string of the molecule is CCOc1ccc(N2CC(C(=O)Nc3cc(OC)ccc3OC)CC2=O)cc1. The second-order valence-electron chi connectivity index (χ2n) is 6.39. The molecule has 2 aromatic rings. The number of hydrogen-bond acceptors (Lipinski definition) is 5. The summed E-state index contributed by atoms with van der Waals surface area (Å²) < 4.78 is 15.9. The van der Waals surface area contributed by atoms with Gasteiger partial charge in [0.1, 0.15) is 17.2 Å². The van der Waals surface area contributed by atoms with Crippen molar-refractivity contribution in [3.8, 4) is 17.2 Å². The van der Waals surface area contributed by atoms with E-state index in [-0.39, 0.29) is 18.2 Å². The minimum atomic E-state index is -0.449. The third-order valence-electron chi connectivity index (χ3n) is 4.62. The van der Waals surface area contributed by atoms with E-state index >= 15 is 0 Å². The highest BCUT2D eigenvalue weighted by molar-refractivity contribution is 6.04. The molecule has 1 atom stereocenters. The van der Waals surface area contributed by atoms with Crippen LogP contribution in [0.25, 0.3) is 0 Å². The molecule has 7 heteroatoms. The van der Waals surface area contributed by atoms with E-state index in [9.17, 15) is 9.59 Å². The van der Waals surface area contributed by atoms with E-state index in [0.29, 0.717) is 30.3 Å². The highest BCUT2D eigenvalue weighted by Gasteiger charge is 2.35. The van der Waals surface area contributed by atoms with Gasteiger partial charge in [0.25, 0.3) is 0 Å². The number of hydrogen-bond donors (Lipinski definition) is 1. The van der Waals surface area contributed by atoms with E-state index in [1.165, 1.54) is 7.11 Å². The van der Waals surface area contributed by atoms with Crippen LogP contribution in [0.1, 0.15) is 13.3 Å². The van der Waals surface area contributed by atoms with Crippen molar-refractivity contribution in [2.24, 2.45) is 5.92 Å². The summed E-state index contributed by atoms with van der Waals surface area (Å²) in [5.74, 6) is 1.12. The minimum Gasteiger partial charge on any atom is -0.497 e. The molecule has 1 unspecified atom stereocenters. The van der Waals surface area contributed by atoms with Crippen molar-refractivity contribution in [2.75, 3.05) is 37.6 Å². The van der Waals surface area contributed by atoms with Crippen LogP contribution < -0.4 is 24.4 Å². The van der Waals surface area contributed by atoms with Gasteiger partial charge >= 0.3 is 0 Å². The molecule has 28 heavy (non-hydrogen) atoms. The third kappa shape index (κ3) is 4.19. The molecule has 0 bridgehead atoms. The van der Waals surface area contributed by atoms with Crippen molar-refractivity contribution < 1.29 is 23.8 Å². The maximum absolute atomic E-state index is 12.7.